The highest BCUT2D eigenvalue weighted by molar-refractivity contribution is 6.29. The Labute approximate surface area is 104 Å². The second-order valence-electron chi connectivity index (χ2n) is 3.50. The molecule has 1 aromatic rings. The molecule has 0 fully saturated rings. The van der Waals surface area contributed by atoms with Gasteiger partial charge < -0.3 is 10.4 Å². The summed E-state index contributed by atoms with van der Waals surface area (Å²) in [6.45, 7) is 0.825. The third-order valence-corrected chi connectivity index (χ3v) is 2.32. The average molecular weight is 260 g/mol. The van der Waals surface area contributed by atoms with E-state index >= 15 is 0 Å². The molecule has 0 atom stereocenters. The summed E-state index contributed by atoms with van der Waals surface area (Å²) in [5.41, 5.74) is -0.0807. The largest absolute Gasteiger partial charge is 0.396 e. The number of unbranched alkanes of at least 4 members (excludes halogenated alkanes) is 2. The molecule has 0 unspecified atom stereocenters. The molecule has 0 saturated carbocycles. The molecular formula is C10H14ClN3O3. The Balaban J connectivity index is 2.50. The first-order chi connectivity index (χ1) is 8.13. The van der Waals surface area contributed by atoms with Crippen molar-refractivity contribution in [1.82, 2.24) is 4.98 Å². The minimum Gasteiger partial charge on any atom is -0.396 e. The summed E-state index contributed by atoms with van der Waals surface area (Å²) in [7, 11) is 0. The van der Waals surface area contributed by atoms with Gasteiger partial charge in [-0.25, -0.2) is 4.98 Å². The van der Waals surface area contributed by atoms with Gasteiger partial charge >= 0.3 is 0 Å². The summed E-state index contributed by atoms with van der Waals surface area (Å²) in [4.78, 5) is 14.0. The van der Waals surface area contributed by atoms with Crippen LogP contribution in [0.5, 0.6) is 0 Å². The van der Waals surface area contributed by atoms with Crippen LogP contribution in [0.15, 0.2) is 12.1 Å². The Hall–Kier alpha value is -1.40. The second-order valence-corrected chi connectivity index (χ2v) is 3.89. The minimum absolute atomic E-state index is 0.0807. The van der Waals surface area contributed by atoms with Crippen molar-refractivity contribution in [2.24, 2.45) is 0 Å². The van der Waals surface area contributed by atoms with Crippen molar-refractivity contribution >= 4 is 23.1 Å². The summed E-state index contributed by atoms with van der Waals surface area (Å²) < 4.78 is 0. The molecule has 1 heterocycles. The summed E-state index contributed by atoms with van der Waals surface area (Å²) in [6, 6.07) is 2.55. The van der Waals surface area contributed by atoms with Crippen molar-refractivity contribution in [1.29, 1.82) is 0 Å². The van der Waals surface area contributed by atoms with Gasteiger partial charge in [-0.3, -0.25) is 10.1 Å². The Bertz CT molecular complexity index is 387. The summed E-state index contributed by atoms with van der Waals surface area (Å²) in [5.74, 6) is 0.396. The Morgan fingerprint density at radius 3 is 2.82 bits per heavy atom. The number of anilines is 1. The Morgan fingerprint density at radius 2 is 2.18 bits per heavy atom. The first-order valence-corrected chi connectivity index (χ1v) is 5.68. The normalized spacial score (nSPS) is 10.2. The minimum atomic E-state index is -0.509. The van der Waals surface area contributed by atoms with Crippen molar-refractivity contribution in [2.75, 3.05) is 18.5 Å². The number of pyridine rings is 1. The highest BCUT2D eigenvalue weighted by Crippen LogP contribution is 2.20. The molecule has 94 valence electrons. The van der Waals surface area contributed by atoms with E-state index in [0.717, 1.165) is 19.3 Å². The maximum absolute atomic E-state index is 10.6. The van der Waals surface area contributed by atoms with Crippen LogP contribution < -0.4 is 5.32 Å². The number of nitrogens with one attached hydrogen (secondary N) is 1. The SMILES string of the molecule is O=[N+]([O-])c1cc(Cl)nc(NCCCCCO)c1. The van der Waals surface area contributed by atoms with Crippen LogP contribution in [0.1, 0.15) is 19.3 Å². The monoisotopic (exact) mass is 259 g/mol. The van der Waals surface area contributed by atoms with Crippen LogP contribution in [-0.4, -0.2) is 28.2 Å². The van der Waals surface area contributed by atoms with Gasteiger partial charge in [-0.2, -0.15) is 0 Å². The average Bonchev–Trinajstić information content (AvgIpc) is 2.28. The predicted octanol–water partition coefficient (Wildman–Crippen LogP) is 2.22. The zero-order valence-electron chi connectivity index (χ0n) is 9.23. The molecule has 7 heteroatoms. The van der Waals surface area contributed by atoms with Crippen LogP contribution in [0.4, 0.5) is 11.5 Å². The van der Waals surface area contributed by atoms with E-state index in [1.165, 1.54) is 12.1 Å². The number of hydrogen-bond acceptors (Lipinski definition) is 5. The van der Waals surface area contributed by atoms with E-state index < -0.39 is 4.92 Å². The molecule has 0 radical (unpaired) electrons. The van der Waals surface area contributed by atoms with Gasteiger partial charge in [0.15, 0.2) is 0 Å². The first-order valence-electron chi connectivity index (χ1n) is 5.30. The highest BCUT2D eigenvalue weighted by Gasteiger charge is 2.09. The molecular weight excluding hydrogens is 246 g/mol. The topological polar surface area (TPSA) is 88.3 Å². The van der Waals surface area contributed by atoms with E-state index in [-0.39, 0.29) is 17.4 Å². The lowest BCUT2D eigenvalue weighted by Crippen LogP contribution is -2.04. The van der Waals surface area contributed by atoms with Gasteiger partial charge in [0.1, 0.15) is 11.0 Å². The van der Waals surface area contributed by atoms with Gasteiger partial charge in [0.25, 0.3) is 5.69 Å². The fourth-order valence-electron chi connectivity index (χ4n) is 1.31. The molecule has 1 aromatic heterocycles. The molecule has 0 spiro atoms. The van der Waals surface area contributed by atoms with Crippen molar-refractivity contribution in [3.63, 3.8) is 0 Å². The zero-order valence-corrected chi connectivity index (χ0v) is 9.98. The van der Waals surface area contributed by atoms with Crippen LogP contribution in [0, 0.1) is 10.1 Å². The molecule has 0 saturated heterocycles. The Morgan fingerprint density at radius 1 is 1.41 bits per heavy atom. The number of hydrogen-bond donors (Lipinski definition) is 2. The molecule has 0 aliphatic heterocycles. The number of nitrogens with zero attached hydrogens (tertiary/aromatic N) is 2. The summed E-state index contributed by atoms with van der Waals surface area (Å²) >= 11 is 5.67. The van der Waals surface area contributed by atoms with Gasteiger partial charge in [-0.1, -0.05) is 11.6 Å². The molecule has 17 heavy (non-hydrogen) atoms. The van der Waals surface area contributed by atoms with Gasteiger partial charge in [0, 0.05) is 13.2 Å². The number of halogens is 1. The lowest BCUT2D eigenvalue weighted by atomic mass is 10.2. The smallest absolute Gasteiger partial charge is 0.276 e. The first kappa shape index (κ1) is 13.7. The van der Waals surface area contributed by atoms with Crippen molar-refractivity contribution < 1.29 is 10.0 Å². The molecule has 1 rings (SSSR count). The second kappa shape index (κ2) is 7.03. The number of nitro groups is 1. The van der Waals surface area contributed by atoms with Crippen LogP contribution in [0.25, 0.3) is 0 Å². The van der Waals surface area contributed by atoms with Crippen LogP contribution in [0.2, 0.25) is 5.15 Å². The van der Waals surface area contributed by atoms with Gasteiger partial charge in [-0.15, -0.1) is 0 Å². The van der Waals surface area contributed by atoms with E-state index in [9.17, 15) is 10.1 Å². The highest BCUT2D eigenvalue weighted by atomic mass is 35.5. The van der Waals surface area contributed by atoms with Gasteiger partial charge in [0.05, 0.1) is 17.1 Å². The summed E-state index contributed by atoms with van der Waals surface area (Å²) in [5, 5.41) is 22.2. The number of aromatic nitrogens is 1. The number of aliphatic hydroxyl groups is 1. The zero-order chi connectivity index (χ0) is 12.7. The summed E-state index contributed by atoms with van der Waals surface area (Å²) in [6.07, 6.45) is 2.51. The predicted molar refractivity (Wildman–Crippen MR) is 65.3 cm³/mol. The molecule has 0 aliphatic rings. The molecule has 0 bridgehead atoms. The molecule has 0 aliphatic carbocycles. The van der Waals surface area contributed by atoms with Crippen molar-refractivity contribution in [3.8, 4) is 0 Å². The van der Waals surface area contributed by atoms with Crippen LogP contribution in [-0.2, 0) is 0 Å². The lowest BCUT2D eigenvalue weighted by Gasteiger charge is -2.05. The number of rotatable bonds is 7. The fourth-order valence-corrected chi connectivity index (χ4v) is 1.51. The van der Waals surface area contributed by atoms with E-state index in [1.54, 1.807) is 0 Å². The molecule has 6 nitrogen and oxygen atoms in total. The quantitative estimate of drug-likeness (QED) is 0.339. The van der Waals surface area contributed by atoms with Crippen molar-refractivity contribution in [2.45, 2.75) is 19.3 Å². The van der Waals surface area contributed by atoms with Crippen LogP contribution >= 0.6 is 11.6 Å². The van der Waals surface area contributed by atoms with E-state index in [0.29, 0.717) is 12.4 Å². The standard InChI is InChI=1S/C10H14ClN3O3/c11-9-6-8(14(16)17)7-10(13-9)12-4-2-1-3-5-15/h6-7,15H,1-5H2,(H,12,13). The molecule has 0 aromatic carbocycles. The molecule has 0 amide bonds. The van der Waals surface area contributed by atoms with Crippen molar-refractivity contribution in [3.05, 3.63) is 27.4 Å². The van der Waals surface area contributed by atoms with E-state index in [1.807, 2.05) is 0 Å². The fraction of sp³-hybridized carbons (Fsp3) is 0.500. The Kier molecular flexibility index (Phi) is 5.65. The van der Waals surface area contributed by atoms with E-state index in [4.69, 9.17) is 16.7 Å². The van der Waals surface area contributed by atoms with Gasteiger partial charge in [0.2, 0.25) is 0 Å². The third-order valence-electron chi connectivity index (χ3n) is 2.13. The lowest BCUT2D eigenvalue weighted by molar-refractivity contribution is -0.384. The van der Waals surface area contributed by atoms with E-state index in [2.05, 4.69) is 10.3 Å². The third kappa shape index (κ3) is 4.97. The maximum Gasteiger partial charge on any atom is 0.276 e. The molecule has 2 N–H and O–H groups in total. The maximum atomic E-state index is 10.6. The number of aliphatic hydroxyl groups excluding tert-OH is 1. The van der Waals surface area contributed by atoms with Gasteiger partial charge in [-0.05, 0) is 19.3 Å². The van der Waals surface area contributed by atoms with Crippen LogP contribution in [0.3, 0.4) is 0 Å².